The topological polar surface area (TPSA) is 67.2 Å². The lowest BCUT2D eigenvalue weighted by molar-refractivity contribution is -0.144. The van der Waals surface area contributed by atoms with Gasteiger partial charge in [-0.15, -0.1) is 0 Å². The first-order valence-electron chi connectivity index (χ1n) is 6.99. The molecule has 0 saturated carbocycles. The Morgan fingerprint density at radius 3 is 2.58 bits per heavy atom. The Balaban J connectivity index is 2.66. The van der Waals surface area contributed by atoms with E-state index in [9.17, 15) is 9.90 Å². The van der Waals surface area contributed by atoms with Crippen molar-refractivity contribution in [1.29, 1.82) is 0 Å². The third kappa shape index (κ3) is 3.80. The first-order chi connectivity index (χ1) is 8.96. The highest BCUT2D eigenvalue weighted by Crippen LogP contribution is 2.15. The molecule has 5 nitrogen and oxygen atoms in total. The van der Waals surface area contributed by atoms with Gasteiger partial charge in [0.1, 0.15) is 5.54 Å². The summed E-state index contributed by atoms with van der Waals surface area (Å²) in [6.45, 7) is 8.33. The summed E-state index contributed by atoms with van der Waals surface area (Å²) in [5.41, 5.74) is -0.00794. The van der Waals surface area contributed by atoms with Crippen LogP contribution in [-0.2, 0) is 11.3 Å². The van der Waals surface area contributed by atoms with Gasteiger partial charge in [0.05, 0.1) is 11.7 Å². The number of carbonyl (C=O) groups is 1. The Kier molecular flexibility index (Phi) is 5.54. The van der Waals surface area contributed by atoms with Gasteiger partial charge in [-0.2, -0.15) is 5.10 Å². The van der Waals surface area contributed by atoms with Crippen molar-refractivity contribution in [2.24, 2.45) is 0 Å². The second-order valence-corrected chi connectivity index (χ2v) is 5.10. The third-order valence-electron chi connectivity index (χ3n) is 3.82. The smallest absolute Gasteiger partial charge is 0.323 e. The van der Waals surface area contributed by atoms with Crippen molar-refractivity contribution in [3.05, 3.63) is 18.0 Å². The van der Waals surface area contributed by atoms with Crippen LogP contribution in [0.2, 0.25) is 0 Å². The number of carboxylic acid groups (broad SMARTS) is 1. The van der Waals surface area contributed by atoms with Crippen LogP contribution >= 0.6 is 0 Å². The normalized spacial score (nSPS) is 14.6. The van der Waals surface area contributed by atoms with Crippen molar-refractivity contribution < 1.29 is 9.90 Å². The molecular formula is C14H25N3O2. The van der Waals surface area contributed by atoms with E-state index in [1.54, 1.807) is 6.92 Å². The first kappa shape index (κ1) is 15.7. The molecule has 1 aromatic heterocycles. The zero-order valence-electron chi connectivity index (χ0n) is 12.3. The molecule has 0 fully saturated rings. The molecule has 19 heavy (non-hydrogen) atoms. The van der Waals surface area contributed by atoms with E-state index >= 15 is 0 Å². The second-order valence-electron chi connectivity index (χ2n) is 5.10. The summed E-state index contributed by atoms with van der Waals surface area (Å²) in [6, 6.07) is 2.37. The Hall–Kier alpha value is -1.36. The van der Waals surface area contributed by atoms with Gasteiger partial charge >= 0.3 is 5.97 Å². The monoisotopic (exact) mass is 267 g/mol. The predicted octanol–water partition coefficient (Wildman–Crippen LogP) is 2.59. The Morgan fingerprint density at radius 2 is 2.11 bits per heavy atom. The zero-order chi connectivity index (χ0) is 14.5. The van der Waals surface area contributed by atoms with Crippen LogP contribution in [0.25, 0.3) is 0 Å². The predicted molar refractivity (Wildman–Crippen MR) is 75.0 cm³/mol. The van der Waals surface area contributed by atoms with Gasteiger partial charge in [-0.1, -0.05) is 20.8 Å². The van der Waals surface area contributed by atoms with Gasteiger partial charge in [-0.25, -0.2) is 0 Å². The van der Waals surface area contributed by atoms with Crippen molar-refractivity contribution in [2.45, 2.75) is 65.1 Å². The number of aromatic nitrogens is 2. The molecule has 0 aliphatic rings. The fourth-order valence-corrected chi connectivity index (χ4v) is 1.98. The van der Waals surface area contributed by atoms with E-state index in [0.717, 1.165) is 18.5 Å². The SMILES string of the molecule is CCC(CC)n1ccc(CNC(C)(CC)C(=O)O)n1. The highest BCUT2D eigenvalue weighted by Gasteiger charge is 2.30. The lowest BCUT2D eigenvalue weighted by atomic mass is 9.99. The van der Waals surface area contributed by atoms with E-state index in [1.165, 1.54) is 0 Å². The summed E-state index contributed by atoms with van der Waals surface area (Å²) >= 11 is 0. The van der Waals surface area contributed by atoms with Crippen molar-refractivity contribution in [2.75, 3.05) is 0 Å². The summed E-state index contributed by atoms with van der Waals surface area (Å²) in [6.07, 6.45) is 4.61. The maximum absolute atomic E-state index is 11.2. The number of hydrogen-bond acceptors (Lipinski definition) is 3. The van der Waals surface area contributed by atoms with Crippen LogP contribution in [0, 0.1) is 0 Å². The number of nitrogens with one attached hydrogen (secondary N) is 1. The summed E-state index contributed by atoms with van der Waals surface area (Å²) in [7, 11) is 0. The second kappa shape index (κ2) is 6.70. The number of hydrogen-bond donors (Lipinski definition) is 2. The van der Waals surface area contributed by atoms with Gasteiger partial charge in [-0.3, -0.25) is 14.8 Å². The molecule has 0 amide bonds. The number of rotatable bonds is 8. The van der Waals surface area contributed by atoms with Crippen LogP contribution in [0.5, 0.6) is 0 Å². The fraction of sp³-hybridized carbons (Fsp3) is 0.714. The summed E-state index contributed by atoms with van der Waals surface area (Å²) in [5.74, 6) is -0.825. The molecule has 0 spiro atoms. The summed E-state index contributed by atoms with van der Waals surface area (Å²) in [4.78, 5) is 11.2. The van der Waals surface area contributed by atoms with Crippen LogP contribution in [-0.4, -0.2) is 26.4 Å². The maximum Gasteiger partial charge on any atom is 0.323 e. The summed E-state index contributed by atoms with van der Waals surface area (Å²) < 4.78 is 1.97. The van der Waals surface area contributed by atoms with Crippen LogP contribution in [0.4, 0.5) is 0 Å². The van der Waals surface area contributed by atoms with Crippen LogP contribution in [0.3, 0.4) is 0 Å². The number of carboxylic acids is 1. The van der Waals surface area contributed by atoms with Crippen molar-refractivity contribution >= 4 is 5.97 Å². The minimum atomic E-state index is -0.890. The number of aliphatic carboxylic acids is 1. The first-order valence-corrected chi connectivity index (χ1v) is 6.99. The van der Waals surface area contributed by atoms with Gasteiger partial charge < -0.3 is 5.11 Å². The van der Waals surface area contributed by atoms with Crippen LogP contribution in [0.1, 0.15) is 58.7 Å². The maximum atomic E-state index is 11.2. The van der Waals surface area contributed by atoms with E-state index in [-0.39, 0.29) is 0 Å². The molecule has 2 N–H and O–H groups in total. The Morgan fingerprint density at radius 1 is 1.47 bits per heavy atom. The minimum absolute atomic E-state index is 0.422. The molecule has 5 heteroatoms. The molecule has 1 atom stereocenters. The average molecular weight is 267 g/mol. The zero-order valence-corrected chi connectivity index (χ0v) is 12.3. The molecule has 0 aliphatic heterocycles. The highest BCUT2D eigenvalue weighted by molar-refractivity contribution is 5.78. The standard InChI is InChI=1S/C14H25N3O2/c1-5-12(6-2)17-9-8-11(16-17)10-15-14(4,7-3)13(18)19/h8-9,12,15H,5-7,10H2,1-4H3,(H,18,19). The molecule has 108 valence electrons. The average Bonchev–Trinajstić information content (AvgIpc) is 2.86. The minimum Gasteiger partial charge on any atom is -0.480 e. The summed E-state index contributed by atoms with van der Waals surface area (Å²) in [5, 5.41) is 16.8. The Bertz CT molecular complexity index is 413. The van der Waals surface area contributed by atoms with E-state index < -0.39 is 11.5 Å². The lowest BCUT2D eigenvalue weighted by Crippen LogP contribution is -2.48. The van der Waals surface area contributed by atoms with Crippen LogP contribution in [0.15, 0.2) is 12.3 Å². The largest absolute Gasteiger partial charge is 0.480 e. The van der Waals surface area contributed by atoms with Gasteiger partial charge in [0.2, 0.25) is 0 Å². The number of nitrogens with zero attached hydrogens (tertiary/aromatic N) is 2. The van der Waals surface area contributed by atoms with E-state index in [0.29, 0.717) is 19.0 Å². The Labute approximate surface area is 115 Å². The fourth-order valence-electron chi connectivity index (χ4n) is 1.98. The van der Waals surface area contributed by atoms with Crippen molar-refractivity contribution in [1.82, 2.24) is 15.1 Å². The van der Waals surface area contributed by atoms with Crippen molar-refractivity contribution in [3.63, 3.8) is 0 Å². The van der Waals surface area contributed by atoms with E-state index in [4.69, 9.17) is 0 Å². The quantitative estimate of drug-likeness (QED) is 0.759. The van der Waals surface area contributed by atoms with Gasteiger partial charge in [0, 0.05) is 12.7 Å². The molecule has 0 aliphatic carbocycles. The molecule has 0 saturated heterocycles. The van der Waals surface area contributed by atoms with Gasteiger partial charge in [0.25, 0.3) is 0 Å². The molecule has 1 unspecified atom stereocenters. The molecule has 0 aromatic carbocycles. The molecule has 0 bridgehead atoms. The van der Waals surface area contributed by atoms with E-state index in [1.807, 2.05) is 23.9 Å². The molecule has 1 rings (SSSR count). The van der Waals surface area contributed by atoms with Gasteiger partial charge in [-0.05, 0) is 32.3 Å². The van der Waals surface area contributed by atoms with E-state index in [2.05, 4.69) is 24.3 Å². The molecule has 1 heterocycles. The molecule has 1 aromatic rings. The molecular weight excluding hydrogens is 242 g/mol. The van der Waals surface area contributed by atoms with Crippen molar-refractivity contribution in [3.8, 4) is 0 Å². The molecule has 0 radical (unpaired) electrons. The third-order valence-corrected chi connectivity index (χ3v) is 3.82. The van der Waals surface area contributed by atoms with Gasteiger partial charge in [0.15, 0.2) is 0 Å². The highest BCUT2D eigenvalue weighted by atomic mass is 16.4. The lowest BCUT2D eigenvalue weighted by Gasteiger charge is -2.24. The van der Waals surface area contributed by atoms with Crippen LogP contribution < -0.4 is 5.32 Å².